The number of nitrogens with two attached hydrogens (primary N) is 1. The Hall–Kier alpha value is -1.35. The van der Waals surface area contributed by atoms with Gasteiger partial charge in [0.2, 0.25) is 5.91 Å². The number of hydrogen-bond acceptors (Lipinski definition) is 2. The Morgan fingerprint density at radius 3 is 2.86 bits per heavy atom. The van der Waals surface area contributed by atoms with Crippen LogP contribution in [0.4, 0.5) is 0 Å². The number of carbonyl (C=O) groups is 1. The third-order valence-electron chi connectivity index (χ3n) is 4.66. The molecule has 2 N–H and O–H groups in total. The summed E-state index contributed by atoms with van der Waals surface area (Å²) < 4.78 is 0. The molecule has 1 aromatic rings. The van der Waals surface area contributed by atoms with Gasteiger partial charge in [0.15, 0.2) is 0 Å². The van der Waals surface area contributed by atoms with Gasteiger partial charge in [-0.2, -0.15) is 0 Å². The molecular formula is C18H28N2O. The molecule has 3 heteroatoms. The van der Waals surface area contributed by atoms with Crippen molar-refractivity contribution in [2.75, 3.05) is 13.1 Å². The van der Waals surface area contributed by atoms with Gasteiger partial charge in [-0.25, -0.2) is 0 Å². The molecule has 0 bridgehead atoms. The van der Waals surface area contributed by atoms with Crippen molar-refractivity contribution in [2.24, 2.45) is 11.7 Å². The largest absolute Gasteiger partial charge is 0.342 e. The van der Waals surface area contributed by atoms with E-state index in [0.717, 1.165) is 32.4 Å². The van der Waals surface area contributed by atoms with Gasteiger partial charge in [-0.3, -0.25) is 4.79 Å². The smallest absolute Gasteiger partial charge is 0.222 e. The molecule has 116 valence electrons. The van der Waals surface area contributed by atoms with Crippen LogP contribution in [-0.2, 0) is 11.2 Å². The second-order valence-electron chi connectivity index (χ2n) is 6.53. The Labute approximate surface area is 128 Å². The molecule has 1 saturated heterocycles. The second kappa shape index (κ2) is 7.08. The van der Waals surface area contributed by atoms with Crippen LogP contribution in [0.1, 0.15) is 42.9 Å². The molecule has 1 aromatic carbocycles. The number of piperidine rings is 1. The van der Waals surface area contributed by atoms with E-state index in [1.165, 1.54) is 16.7 Å². The quantitative estimate of drug-likeness (QED) is 0.926. The molecule has 0 unspecified atom stereocenters. The summed E-state index contributed by atoms with van der Waals surface area (Å²) in [6.07, 6.45) is 3.68. The standard InChI is InChI=1S/C18H28N2O/c1-13-6-7-16(14(2)11-13)8-9-18(21)20-10-4-5-17(12-20)15(3)19/h6-7,11,15,17H,4-5,8-10,12,19H2,1-3H3/t15-,17-/m1/s1. The Kier molecular flexibility index (Phi) is 5.40. The van der Waals surface area contributed by atoms with E-state index in [0.29, 0.717) is 12.3 Å². The highest BCUT2D eigenvalue weighted by Gasteiger charge is 2.25. The highest BCUT2D eigenvalue weighted by molar-refractivity contribution is 5.76. The Morgan fingerprint density at radius 1 is 1.43 bits per heavy atom. The minimum absolute atomic E-state index is 0.181. The van der Waals surface area contributed by atoms with Crippen LogP contribution in [0, 0.1) is 19.8 Å². The zero-order valence-electron chi connectivity index (χ0n) is 13.6. The van der Waals surface area contributed by atoms with Crippen molar-refractivity contribution < 1.29 is 4.79 Å². The van der Waals surface area contributed by atoms with E-state index in [1.54, 1.807) is 0 Å². The molecular weight excluding hydrogens is 260 g/mol. The number of rotatable bonds is 4. The third-order valence-corrected chi connectivity index (χ3v) is 4.66. The van der Waals surface area contributed by atoms with Crippen LogP contribution in [-0.4, -0.2) is 29.9 Å². The molecule has 2 rings (SSSR count). The van der Waals surface area contributed by atoms with Crippen molar-refractivity contribution >= 4 is 5.91 Å². The number of amides is 1. The first-order chi connectivity index (χ1) is 9.97. The minimum Gasteiger partial charge on any atom is -0.342 e. The number of hydrogen-bond donors (Lipinski definition) is 1. The van der Waals surface area contributed by atoms with Crippen LogP contribution >= 0.6 is 0 Å². The van der Waals surface area contributed by atoms with E-state index in [1.807, 2.05) is 11.8 Å². The molecule has 0 spiro atoms. The van der Waals surface area contributed by atoms with Crippen LogP contribution in [0.2, 0.25) is 0 Å². The van der Waals surface area contributed by atoms with E-state index >= 15 is 0 Å². The van der Waals surface area contributed by atoms with Crippen LogP contribution in [0.3, 0.4) is 0 Å². The van der Waals surface area contributed by atoms with Crippen molar-refractivity contribution in [3.63, 3.8) is 0 Å². The van der Waals surface area contributed by atoms with Gasteiger partial charge in [0, 0.05) is 25.6 Å². The van der Waals surface area contributed by atoms with E-state index < -0.39 is 0 Å². The maximum atomic E-state index is 12.4. The first-order valence-corrected chi connectivity index (χ1v) is 8.07. The molecule has 0 aromatic heterocycles. The first-order valence-electron chi connectivity index (χ1n) is 8.07. The molecule has 3 nitrogen and oxygen atoms in total. The van der Waals surface area contributed by atoms with Crippen LogP contribution in [0.25, 0.3) is 0 Å². The molecule has 1 aliphatic heterocycles. The van der Waals surface area contributed by atoms with Gasteiger partial charge in [0.25, 0.3) is 0 Å². The molecule has 0 aliphatic carbocycles. The fourth-order valence-electron chi connectivity index (χ4n) is 3.19. The monoisotopic (exact) mass is 288 g/mol. The Balaban J connectivity index is 1.89. The van der Waals surface area contributed by atoms with Gasteiger partial charge in [-0.05, 0) is 57.1 Å². The SMILES string of the molecule is Cc1ccc(CCC(=O)N2CCC[C@@H]([C@@H](C)N)C2)c(C)c1. The Bertz CT molecular complexity index is 496. The lowest BCUT2D eigenvalue weighted by Gasteiger charge is -2.34. The zero-order valence-corrected chi connectivity index (χ0v) is 13.6. The summed E-state index contributed by atoms with van der Waals surface area (Å²) in [5, 5.41) is 0. The minimum atomic E-state index is 0.181. The fraction of sp³-hybridized carbons (Fsp3) is 0.611. The third kappa shape index (κ3) is 4.31. The number of aryl methyl sites for hydroxylation is 3. The molecule has 0 saturated carbocycles. The van der Waals surface area contributed by atoms with Gasteiger partial charge < -0.3 is 10.6 Å². The number of benzene rings is 1. The summed E-state index contributed by atoms with van der Waals surface area (Å²) in [5.41, 5.74) is 9.84. The molecule has 1 aliphatic rings. The van der Waals surface area contributed by atoms with E-state index in [2.05, 4.69) is 32.0 Å². The Morgan fingerprint density at radius 2 is 2.19 bits per heavy atom. The van der Waals surface area contributed by atoms with Gasteiger partial charge in [0.1, 0.15) is 0 Å². The summed E-state index contributed by atoms with van der Waals surface area (Å²) >= 11 is 0. The van der Waals surface area contributed by atoms with Crippen LogP contribution < -0.4 is 5.73 Å². The molecule has 2 atom stereocenters. The first kappa shape index (κ1) is 16.0. The zero-order chi connectivity index (χ0) is 15.4. The molecule has 1 fully saturated rings. The van der Waals surface area contributed by atoms with E-state index in [-0.39, 0.29) is 11.9 Å². The summed E-state index contributed by atoms with van der Waals surface area (Å²) in [7, 11) is 0. The summed E-state index contributed by atoms with van der Waals surface area (Å²) in [6, 6.07) is 6.64. The highest BCUT2D eigenvalue weighted by Crippen LogP contribution is 2.20. The average Bonchev–Trinajstić information content (AvgIpc) is 2.46. The molecule has 1 heterocycles. The fourth-order valence-corrected chi connectivity index (χ4v) is 3.19. The van der Waals surface area contributed by atoms with Crippen molar-refractivity contribution in [3.05, 3.63) is 34.9 Å². The highest BCUT2D eigenvalue weighted by atomic mass is 16.2. The van der Waals surface area contributed by atoms with Gasteiger partial charge in [0.05, 0.1) is 0 Å². The van der Waals surface area contributed by atoms with Gasteiger partial charge >= 0.3 is 0 Å². The van der Waals surface area contributed by atoms with Gasteiger partial charge in [-0.1, -0.05) is 23.8 Å². The van der Waals surface area contributed by atoms with Crippen LogP contribution in [0.5, 0.6) is 0 Å². The van der Waals surface area contributed by atoms with E-state index in [9.17, 15) is 4.79 Å². The summed E-state index contributed by atoms with van der Waals surface area (Å²) in [4.78, 5) is 14.4. The lowest BCUT2D eigenvalue weighted by molar-refractivity contribution is -0.133. The normalized spacial score (nSPS) is 20.4. The summed E-state index contributed by atoms with van der Waals surface area (Å²) in [5.74, 6) is 0.740. The van der Waals surface area contributed by atoms with Crippen molar-refractivity contribution in [2.45, 2.75) is 52.5 Å². The predicted molar refractivity (Wildman–Crippen MR) is 87.2 cm³/mol. The van der Waals surface area contributed by atoms with Gasteiger partial charge in [-0.15, -0.1) is 0 Å². The second-order valence-corrected chi connectivity index (χ2v) is 6.53. The van der Waals surface area contributed by atoms with Crippen molar-refractivity contribution in [1.82, 2.24) is 4.90 Å². The summed E-state index contributed by atoms with van der Waals surface area (Å²) in [6.45, 7) is 8.01. The lowest BCUT2D eigenvalue weighted by atomic mass is 9.92. The maximum absolute atomic E-state index is 12.4. The average molecular weight is 288 g/mol. The predicted octanol–water partition coefficient (Wildman–Crippen LogP) is 2.82. The van der Waals surface area contributed by atoms with E-state index in [4.69, 9.17) is 5.73 Å². The molecule has 0 radical (unpaired) electrons. The van der Waals surface area contributed by atoms with Crippen LogP contribution in [0.15, 0.2) is 18.2 Å². The topological polar surface area (TPSA) is 46.3 Å². The number of likely N-dealkylation sites (tertiary alicyclic amines) is 1. The lowest BCUT2D eigenvalue weighted by Crippen LogP contribution is -2.45. The van der Waals surface area contributed by atoms with Crippen molar-refractivity contribution in [1.29, 1.82) is 0 Å². The van der Waals surface area contributed by atoms with Crippen molar-refractivity contribution in [3.8, 4) is 0 Å². The number of carbonyl (C=O) groups excluding carboxylic acids is 1. The molecule has 1 amide bonds. The number of nitrogens with zero attached hydrogens (tertiary/aromatic N) is 1. The maximum Gasteiger partial charge on any atom is 0.222 e. The molecule has 21 heavy (non-hydrogen) atoms.